The molecule has 0 aliphatic rings. The van der Waals surface area contributed by atoms with Gasteiger partial charge in [0.15, 0.2) is 5.65 Å². The van der Waals surface area contributed by atoms with Crippen molar-refractivity contribution in [2.24, 2.45) is 0 Å². The average Bonchev–Trinajstić information content (AvgIpc) is 3.07. The highest BCUT2D eigenvalue weighted by molar-refractivity contribution is 6.09. The molecule has 0 aliphatic heterocycles. The number of unbranched alkanes of at least 4 members (excludes halogenated alkanes) is 1. The van der Waals surface area contributed by atoms with E-state index in [1.165, 1.54) is 5.56 Å². The van der Waals surface area contributed by atoms with Crippen LogP contribution in [-0.4, -0.2) is 40.3 Å². The van der Waals surface area contributed by atoms with Crippen LogP contribution in [0.3, 0.4) is 0 Å². The van der Waals surface area contributed by atoms with E-state index in [4.69, 9.17) is 25.2 Å². The summed E-state index contributed by atoms with van der Waals surface area (Å²) in [6.45, 7) is 4.24. The van der Waals surface area contributed by atoms with Crippen molar-refractivity contribution in [2.45, 2.75) is 39.2 Å². The second-order valence-corrected chi connectivity index (χ2v) is 7.92. The lowest BCUT2D eigenvalue weighted by atomic mass is 10.1. The first-order chi connectivity index (χ1) is 15.5. The van der Waals surface area contributed by atoms with Crippen molar-refractivity contribution in [1.82, 2.24) is 14.5 Å². The van der Waals surface area contributed by atoms with Crippen LogP contribution in [0.2, 0.25) is 0 Å². The number of rotatable bonds is 8. The third-order valence-corrected chi connectivity index (χ3v) is 5.43. The van der Waals surface area contributed by atoms with Crippen molar-refractivity contribution >= 4 is 34.0 Å². The Morgan fingerprint density at radius 1 is 1.09 bits per heavy atom. The zero-order chi connectivity index (χ0) is 22.7. The Hall–Kier alpha value is -3.45. The normalized spacial score (nSPS) is 12.3. The molecule has 0 spiro atoms. The summed E-state index contributed by atoms with van der Waals surface area (Å²) in [6, 6.07) is 15.7. The second-order valence-electron chi connectivity index (χ2n) is 7.92. The maximum absolute atomic E-state index is 13.1. The molecular weight excluding hydrogens is 404 g/mol. The molecule has 0 amide bonds. The van der Waals surface area contributed by atoms with Crippen LogP contribution in [0.4, 0.5) is 5.82 Å². The molecule has 2 heterocycles. The van der Waals surface area contributed by atoms with Gasteiger partial charge in [0.2, 0.25) is 0 Å². The van der Waals surface area contributed by atoms with E-state index in [0.717, 1.165) is 30.5 Å². The number of para-hydroxylation sites is 2. The molecule has 32 heavy (non-hydrogen) atoms. The number of hydrogen-bond acceptors (Lipinski definition) is 6. The summed E-state index contributed by atoms with van der Waals surface area (Å²) in [6.07, 6.45) is 2.89. The molecule has 4 rings (SSSR count). The first kappa shape index (κ1) is 21.8. The van der Waals surface area contributed by atoms with Gasteiger partial charge in [-0.1, -0.05) is 37.6 Å². The van der Waals surface area contributed by atoms with Gasteiger partial charge < -0.3 is 15.2 Å². The van der Waals surface area contributed by atoms with Gasteiger partial charge in [-0.2, -0.15) is 0 Å². The van der Waals surface area contributed by atoms with Crippen LogP contribution in [0.5, 0.6) is 0 Å². The molecule has 166 valence electrons. The van der Waals surface area contributed by atoms with Crippen molar-refractivity contribution < 1.29 is 14.3 Å². The van der Waals surface area contributed by atoms with Crippen molar-refractivity contribution in [2.75, 3.05) is 19.5 Å². The molecule has 4 aromatic rings. The highest BCUT2D eigenvalue weighted by Crippen LogP contribution is 2.32. The average molecular weight is 433 g/mol. The molecule has 0 unspecified atom stereocenters. The summed E-state index contributed by atoms with van der Waals surface area (Å²) in [5.41, 5.74) is 11.2. The Labute approximate surface area is 187 Å². The van der Waals surface area contributed by atoms with Crippen molar-refractivity contribution in [3.63, 3.8) is 0 Å². The zero-order valence-electron chi connectivity index (χ0n) is 18.7. The quantitative estimate of drug-likeness (QED) is 0.406. The monoisotopic (exact) mass is 432 g/mol. The van der Waals surface area contributed by atoms with Gasteiger partial charge in [0.05, 0.1) is 17.6 Å². The fourth-order valence-corrected chi connectivity index (χ4v) is 3.83. The molecule has 0 radical (unpaired) electrons. The smallest absolute Gasteiger partial charge is 0.344 e. The Bertz CT molecular complexity index is 1250. The topological polar surface area (TPSA) is 92.3 Å². The number of nitrogens with zero attached hydrogens (tertiary/aromatic N) is 3. The fourth-order valence-electron chi connectivity index (χ4n) is 3.83. The summed E-state index contributed by atoms with van der Waals surface area (Å²) in [5.74, 6) is -0.286. The molecule has 0 saturated carbocycles. The van der Waals surface area contributed by atoms with Gasteiger partial charge in [0.1, 0.15) is 23.0 Å². The molecule has 0 aliphatic carbocycles. The van der Waals surface area contributed by atoms with Crippen LogP contribution >= 0.6 is 0 Å². The second kappa shape index (κ2) is 9.36. The van der Waals surface area contributed by atoms with Gasteiger partial charge in [-0.3, -0.25) is 4.57 Å². The summed E-state index contributed by atoms with van der Waals surface area (Å²) >= 11 is 0. The number of anilines is 1. The minimum absolute atomic E-state index is 0.219. The van der Waals surface area contributed by atoms with Crippen molar-refractivity contribution in [1.29, 1.82) is 0 Å². The predicted octanol–water partition coefficient (Wildman–Crippen LogP) is 4.69. The highest BCUT2D eigenvalue weighted by atomic mass is 16.6. The molecule has 7 nitrogen and oxygen atoms in total. The molecule has 7 heteroatoms. The molecule has 2 aromatic heterocycles. The van der Waals surface area contributed by atoms with Gasteiger partial charge in [-0.05, 0) is 49.6 Å². The number of hydrogen-bond donors (Lipinski definition) is 1. The van der Waals surface area contributed by atoms with Gasteiger partial charge in [0, 0.05) is 12.8 Å². The minimum atomic E-state index is -0.542. The summed E-state index contributed by atoms with van der Waals surface area (Å²) < 4.78 is 12.4. The number of esters is 1. The Kier molecular flexibility index (Phi) is 6.37. The maximum Gasteiger partial charge on any atom is 0.344 e. The number of aromatic nitrogens is 3. The van der Waals surface area contributed by atoms with Crippen LogP contribution in [-0.2, 0) is 15.9 Å². The SMILES string of the molecule is CCCCc1ccc(-n2c(N)c(C(=O)O[C@@H](C)COC)c3nc4ccccc4nc32)cc1. The van der Waals surface area contributed by atoms with Crippen molar-refractivity contribution in [3.8, 4) is 5.69 Å². The largest absolute Gasteiger partial charge is 0.456 e. The first-order valence-electron chi connectivity index (χ1n) is 10.9. The van der Waals surface area contributed by atoms with Crippen LogP contribution in [0, 0.1) is 0 Å². The minimum Gasteiger partial charge on any atom is -0.456 e. The molecule has 1 atom stereocenters. The van der Waals surface area contributed by atoms with E-state index < -0.39 is 12.1 Å². The van der Waals surface area contributed by atoms with E-state index in [1.54, 1.807) is 18.6 Å². The van der Waals surface area contributed by atoms with E-state index in [9.17, 15) is 4.79 Å². The lowest BCUT2D eigenvalue weighted by molar-refractivity contribution is 0.0123. The number of nitrogens with two attached hydrogens (primary N) is 1. The fraction of sp³-hybridized carbons (Fsp3) is 0.320. The van der Waals surface area contributed by atoms with Crippen LogP contribution in [0.25, 0.3) is 27.9 Å². The standard InChI is InChI=1S/C25H28N4O3/c1-4-5-8-17-11-13-18(14-12-17)29-23(26)21(25(30)32-16(2)15-31-3)22-24(29)28-20-10-7-6-9-19(20)27-22/h6-7,9-14,16H,4-5,8,15,26H2,1-3H3/t16-/m0/s1. The van der Waals surface area contributed by atoms with Crippen LogP contribution < -0.4 is 5.73 Å². The van der Waals surface area contributed by atoms with Crippen LogP contribution in [0.15, 0.2) is 48.5 Å². The summed E-state index contributed by atoms with van der Waals surface area (Å²) in [4.78, 5) is 22.6. The van der Waals surface area contributed by atoms with Gasteiger partial charge in [0.25, 0.3) is 0 Å². The number of carbonyl (C=O) groups excluding carboxylic acids is 1. The Morgan fingerprint density at radius 2 is 1.78 bits per heavy atom. The molecular formula is C25H28N4O3. The number of fused-ring (bicyclic) bond motifs is 2. The van der Waals surface area contributed by atoms with Crippen LogP contribution in [0.1, 0.15) is 42.6 Å². The number of carbonyl (C=O) groups is 1. The Morgan fingerprint density at radius 3 is 2.44 bits per heavy atom. The van der Waals surface area contributed by atoms with Gasteiger partial charge >= 0.3 is 5.97 Å². The zero-order valence-corrected chi connectivity index (χ0v) is 18.7. The number of ether oxygens (including phenoxy) is 2. The van der Waals surface area contributed by atoms with Gasteiger partial charge in [-0.25, -0.2) is 14.8 Å². The number of aryl methyl sites for hydroxylation is 1. The van der Waals surface area contributed by atoms with Crippen molar-refractivity contribution in [3.05, 3.63) is 59.7 Å². The maximum atomic E-state index is 13.1. The lowest BCUT2D eigenvalue weighted by Gasteiger charge is -2.12. The third-order valence-electron chi connectivity index (χ3n) is 5.43. The number of nitrogen functional groups attached to an aromatic ring is 1. The van der Waals surface area contributed by atoms with E-state index >= 15 is 0 Å². The predicted molar refractivity (Wildman–Crippen MR) is 126 cm³/mol. The number of benzene rings is 2. The van der Waals surface area contributed by atoms with E-state index in [2.05, 4.69) is 19.1 Å². The van der Waals surface area contributed by atoms with Gasteiger partial charge in [-0.15, -0.1) is 0 Å². The summed E-state index contributed by atoms with van der Waals surface area (Å²) in [7, 11) is 1.56. The van der Waals surface area contributed by atoms with E-state index in [-0.39, 0.29) is 18.0 Å². The Balaban J connectivity index is 1.87. The molecule has 2 aromatic carbocycles. The third kappa shape index (κ3) is 4.16. The summed E-state index contributed by atoms with van der Waals surface area (Å²) in [5, 5.41) is 0. The van der Waals surface area contributed by atoms with E-state index in [1.807, 2.05) is 36.4 Å². The molecule has 0 saturated heterocycles. The highest BCUT2D eigenvalue weighted by Gasteiger charge is 2.27. The lowest BCUT2D eigenvalue weighted by Crippen LogP contribution is -2.20. The molecule has 2 N–H and O–H groups in total. The number of methoxy groups -OCH3 is 1. The molecule has 0 bridgehead atoms. The molecule has 0 fully saturated rings. The first-order valence-corrected chi connectivity index (χ1v) is 10.9. The van der Waals surface area contributed by atoms with E-state index in [0.29, 0.717) is 16.7 Å².